The predicted molar refractivity (Wildman–Crippen MR) is 113 cm³/mol. The summed E-state index contributed by atoms with van der Waals surface area (Å²) in [4.78, 5) is 20.5. The molecule has 2 aliphatic rings. The number of aliphatic imine (C=N–C) groups is 1. The Hall–Kier alpha value is -1.82. The number of hydrogen-bond acceptors (Lipinski definition) is 3. The number of fused-ring (bicyclic) bond motifs is 1. The average molecular weight is 389 g/mol. The highest BCUT2D eigenvalue weighted by Crippen LogP contribution is 2.24. The molecule has 2 heterocycles. The summed E-state index contributed by atoms with van der Waals surface area (Å²) in [5.74, 6) is 1.03. The number of carbonyl (C=O) groups excluding carboxylic acids is 1. The van der Waals surface area contributed by atoms with Crippen molar-refractivity contribution in [3.8, 4) is 0 Å². The van der Waals surface area contributed by atoms with Crippen molar-refractivity contribution in [1.29, 1.82) is 0 Å². The number of allylic oxidation sites excluding steroid dienone is 1. The molecule has 2 N–H and O–H groups in total. The van der Waals surface area contributed by atoms with Crippen LogP contribution >= 0.6 is 11.3 Å². The van der Waals surface area contributed by atoms with Gasteiger partial charge in [0.05, 0.1) is 6.54 Å². The largest absolute Gasteiger partial charge is 0.357 e. The van der Waals surface area contributed by atoms with Crippen molar-refractivity contribution < 1.29 is 4.79 Å². The first-order valence-electron chi connectivity index (χ1n) is 10.3. The van der Waals surface area contributed by atoms with Crippen molar-refractivity contribution in [1.82, 2.24) is 15.5 Å². The molecule has 0 fully saturated rings. The van der Waals surface area contributed by atoms with E-state index in [9.17, 15) is 4.79 Å². The number of nitrogens with zero attached hydrogens (tertiary/aromatic N) is 2. The Balaban J connectivity index is 1.41. The Labute approximate surface area is 166 Å². The van der Waals surface area contributed by atoms with E-state index in [0.29, 0.717) is 13.0 Å². The fourth-order valence-electron chi connectivity index (χ4n) is 3.70. The molecule has 148 valence electrons. The van der Waals surface area contributed by atoms with Crippen LogP contribution in [0.1, 0.15) is 55.9 Å². The molecular formula is C21H32N4OS. The van der Waals surface area contributed by atoms with Gasteiger partial charge in [0.2, 0.25) is 5.91 Å². The van der Waals surface area contributed by atoms with Crippen LogP contribution in [0.4, 0.5) is 0 Å². The quantitative estimate of drug-likeness (QED) is 0.427. The summed E-state index contributed by atoms with van der Waals surface area (Å²) in [5.41, 5.74) is 2.88. The molecule has 6 heteroatoms. The van der Waals surface area contributed by atoms with Crippen LogP contribution in [-0.2, 0) is 17.8 Å². The third-order valence-electron chi connectivity index (χ3n) is 5.22. The van der Waals surface area contributed by atoms with E-state index < -0.39 is 0 Å². The molecule has 1 aliphatic carbocycles. The van der Waals surface area contributed by atoms with Crippen LogP contribution in [0.3, 0.4) is 0 Å². The lowest BCUT2D eigenvalue weighted by Gasteiger charge is -2.26. The predicted octanol–water partition coefficient (Wildman–Crippen LogP) is 3.47. The van der Waals surface area contributed by atoms with Gasteiger partial charge in [-0.05, 0) is 62.5 Å². The Kier molecular flexibility index (Phi) is 7.75. The maximum atomic E-state index is 12.5. The maximum Gasteiger partial charge on any atom is 0.224 e. The molecule has 3 rings (SSSR count). The first kappa shape index (κ1) is 19.9. The van der Waals surface area contributed by atoms with Crippen LogP contribution in [0, 0.1) is 0 Å². The van der Waals surface area contributed by atoms with Crippen molar-refractivity contribution >= 4 is 23.2 Å². The Morgan fingerprint density at radius 2 is 2.22 bits per heavy atom. The summed E-state index contributed by atoms with van der Waals surface area (Å²) >= 11 is 1.80. The van der Waals surface area contributed by atoms with Crippen LogP contribution in [0.25, 0.3) is 0 Å². The van der Waals surface area contributed by atoms with E-state index in [2.05, 4.69) is 40.1 Å². The molecule has 5 nitrogen and oxygen atoms in total. The van der Waals surface area contributed by atoms with Gasteiger partial charge >= 0.3 is 0 Å². The third-order valence-corrected chi connectivity index (χ3v) is 6.25. The second-order valence-electron chi connectivity index (χ2n) is 7.23. The summed E-state index contributed by atoms with van der Waals surface area (Å²) < 4.78 is 0. The van der Waals surface area contributed by atoms with Gasteiger partial charge in [-0.15, -0.1) is 11.3 Å². The van der Waals surface area contributed by atoms with E-state index in [1.165, 1.54) is 36.1 Å². The smallest absolute Gasteiger partial charge is 0.224 e. The summed E-state index contributed by atoms with van der Waals surface area (Å²) in [6.45, 7) is 5.93. The molecular weight excluding hydrogens is 356 g/mol. The molecule has 27 heavy (non-hydrogen) atoms. The van der Waals surface area contributed by atoms with Crippen molar-refractivity contribution in [2.45, 2.75) is 58.4 Å². The SMILES string of the molecule is CCNC(=NCCC(=O)N1CCc2sccc2C1)NCCC1=CCCCC1. The summed E-state index contributed by atoms with van der Waals surface area (Å²) in [6, 6.07) is 2.15. The van der Waals surface area contributed by atoms with Gasteiger partial charge in [-0.3, -0.25) is 9.79 Å². The zero-order valence-electron chi connectivity index (χ0n) is 16.4. The van der Waals surface area contributed by atoms with Gasteiger partial charge in [0.1, 0.15) is 0 Å². The standard InChI is InChI=1S/C21H32N4OS/c1-2-22-21(23-12-8-17-6-4-3-5-7-17)24-13-9-20(26)25-14-10-19-18(16-25)11-15-27-19/h6,11,15H,2-5,7-10,12-14,16H2,1H3,(H2,22,23,24). The minimum absolute atomic E-state index is 0.207. The van der Waals surface area contributed by atoms with Crippen LogP contribution < -0.4 is 10.6 Å². The molecule has 1 aliphatic heterocycles. The van der Waals surface area contributed by atoms with Crippen LogP contribution in [0.15, 0.2) is 28.1 Å². The number of thiophene rings is 1. The highest BCUT2D eigenvalue weighted by molar-refractivity contribution is 7.10. The van der Waals surface area contributed by atoms with Crippen LogP contribution in [-0.4, -0.2) is 42.9 Å². The molecule has 0 saturated carbocycles. The second kappa shape index (κ2) is 10.5. The van der Waals surface area contributed by atoms with Gasteiger partial charge in [0.25, 0.3) is 0 Å². The molecule has 1 aromatic heterocycles. The molecule has 0 bridgehead atoms. The number of nitrogens with one attached hydrogen (secondary N) is 2. The lowest BCUT2D eigenvalue weighted by Crippen LogP contribution is -2.38. The van der Waals surface area contributed by atoms with E-state index in [1.54, 1.807) is 16.9 Å². The minimum atomic E-state index is 0.207. The van der Waals surface area contributed by atoms with Crippen molar-refractivity contribution in [3.05, 3.63) is 33.5 Å². The fourth-order valence-corrected chi connectivity index (χ4v) is 4.59. The number of rotatable bonds is 7. The first-order chi connectivity index (χ1) is 13.3. The van der Waals surface area contributed by atoms with E-state index in [0.717, 1.165) is 45.0 Å². The van der Waals surface area contributed by atoms with Gasteiger partial charge in [-0.1, -0.05) is 11.6 Å². The van der Waals surface area contributed by atoms with E-state index in [-0.39, 0.29) is 5.91 Å². The van der Waals surface area contributed by atoms with E-state index in [4.69, 9.17) is 0 Å². The monoisotopic (exact) mass is 388 g/mol. The zero-order valence-corrected chi connectivity index (χ0v) is 17.2. The summed E-state index contributed by atoms with van der Waals surface area (Å²) in [6.07, 6.45) is 10.1. The van der Waals surface area contributed by atoms with Gasteiger partial charge in [0, 0.05) is 37.5 Å². The maximum absolute atomic E-state index is 12.5. The minimum Gasteiger partial charge on any atom is -0.357 e. The van der Waals surface area contributed by atoms with E-state index in [1.807, 2.05) is 4.90 Å². The van der Waals surface area contributed by atoms with Gasteiger partial charge in [-0.25, -0.2) is 0 Å². The molecule has 0 radical (unpaired) electrons. The number of guanidine groups is 1. The average Bonchev–Trinajstić information content (AvgIpc) is 3.16. The molecule has 0 atom stereocenters. The highest BCUT2D eigenvalue weighted by atomic mass is 32.1. The van der Waals surface area contributed by atoms with Gasteiger partial charge in [-0.2, -0.15) is 0 Å². The zero-order chi connectivity index (χ0) is 18.9. The number of carbonyl (C=O) groups is 1. The molecule has 1 aromatic rings. The Morgan fingerprint density at radius 3 is 3.04 bits per heavy atom. The lowest BCUT2D eigenvalue weighted by molar-refractivity contribution is -0.131. The topological polar surface area (TPSA) is 56.7 Å². The summed E-state index contributed by atoms with van der Waals surface area (Å²) in [5, 5.41) is 8.81. The van der Waals surface area contributed by atoms with Crippen LogP contribution in [0.2, 0.25) is 0 Å². The molecule has 0 saturated heterocycles. The molecule has 0 unspecified atom stereocenters. The van der Waals surface area contributed by atoms with Crippen molar-refractivity contribution in [2.75, 3.05) is 26.2 Å². The highest BCUT2D eigenvalue weighted by Gasteiger charge is 2.20. The summed E-state index contributed by atoms with van der Waals surface area (Å²) in [7, 11) is 0. The van der Waals surface area contributed by atoms with Gasteiger partial charge in [0.15, 0.2) is 5.96 Å². The lowest BCUT2D eigenvalue weighted by atomic mass is 9.97. The number of amides is 1. The Morgan fingerprint density at radius 1 is 1.30 bits per heavy atom. The second-order valence-corrected chi connectivity index (χ2v) is 8.23. The third kappa shape index (κ3) is 6.09. The molecule has 1 amide bonds. The van der Waals surface area contributed by atoms with Gasteiger partial charge < -0.3 is 15.5 Å². The van der Waals surface area contributed by atoms with E-state index >= 15 is 0 Å². The molecule has 0 spiro atoms. The van der Waals surface area contributed by atoms with Crippen LogP contribution in [0.5, 0.6) is 0 Å². The fraction of sp³-hybridized carbons (Fsp3) is 0.619. The normalized spacial score (nSPS) is 17.3. The number of hydrogen-bond donors (Lipinski definition) is 2. The Bertz CT molecular complexity index is 679. The first-order valence-corrected chi connectivity index (χ1v) is 11.2. The molecule has 0 aromatic carbocycles. The van der Waals surface area contributed by atoms with Crippen molar-refractivity contribution in [3.63, 3.8) is 0 Å². The van der Waals surface area contributed by atoms with Crippen molar-refractivity contribution in [2.24, 2.45) is 4.99 Å².